The number of aryl methyl sites for hydroxylation is 1. The lowest BCUT2D eigenvalue weighted by atomic mass is 9.97. The van der Waals surface area contributed by atoms with Crippen LogP contribution in [0.2, 0.25) is 0 Å². The SMILES string of the molecule is Cc1cnccc1CNC(=O)N1CC(CC(=O)O)C1. The summed E-state index contributed by atoms with van der Waals surface area (Å²) in [6, 6.07) is 1.73. The van der Waals surface area contributed by atoms with Crippen molar-refractivity contribution in [2.24, 2.45) is 5.92 Å². The Morgan fingerprint density at radius 3 is 2.89 bits per heavy atom. The molecule has 0 bridgehead atoms. The van der Waals surface area contributed by atoms with E-state index < -0.39 is 5.97 Å². The van der Waals surface area contributed by atoms with Crippen LogP contribution in [0.4, 0.5) is 4.79 Å². The van der Waals surface area contributed by atoms with Gasteiger partial charge in [-0.15, -0.1) is 0 Å². The van der Waals surface area contributed by atoms with E-state index in [0.29, 0.717) is 19.6 Å². The molecule has 0 aliphatic carbocycles. The highest BCUT2D eigenvalue weighted by Gasteiger charge is 2.31. The molecule has 1 fully saturated rings. The fraction of sp³-hybridized carbons (Fsp3) is 0.462. The summed E-state index contributed by atoms with van der Waals surface area (Å²) in [5, 5.41) is 11.5. The second-order valence-corrected chi connectivity index (χ2v) is 4.83. The molecular weight excluding hydrogens is 246 g/mol. The molecule has 0 saturated carbocycles. The van der Waals surface area contributed by atoms with E-state index in [9.17, 15) is 9.59 Å². The Morgan fingerprint density at radius 1 is 1.53 bits per heavy atom. The number of carbonyl (C=O) groups is 2. The Labute approximate surface area is 111 Å². The van der Waals surface area contributed by atoms with Gasteiger partial charge in [-0.2, -0.15) is 0 Å². The summed E-state index contributed by atoms with van der Waals surface area (Å²) in [7, 11) is 0. The van der Waals surface area contributed by atoms with Crippen molar-refractivity contribution in [2.45, 2.75) is 19.9 Å². The van der Waals surface area contributed by atoms with Crippen LogP contribution in [0.5, 0.6) is 0 Å². The van der Waals surface area contributed by atoms with E-state index in [1.807, 2.05) is 13.0 Å². The third kappa shape index (κ3) is 3.43. The molecule has 0 spiro atoms. The minimum atomic E-state index is -0.808. The molecule has 0 radical (unpaired) electrons. The molecule has 1 aromatic heterocycles. The highest BCUT2D eigenvalue weighted by molar-refractivity contribution is 5.75. The predicted octanol–water partition coefficient (Wildman–Crippen LogP) is 1.01. The molecule has 1 aliphatic rings. The van der Waals surface area contributed by atoms with Gasteiger partial charge in [0.15, 0.2) is 0 Å². The molecule has 19 heavy (non-hydrogen) atoms. The molecule has 6 nitrogen and oxygen atoms in total. The van der Waals surface area contributed by atoms with E-state index in [1.165, 1.54) is 0 Å². The lowest BCUT2D eigenvalue weighted by Crippen LogP contribution is -2.54. The minimum absolute atomic E-state index is 0.0888. The second kappa shape index (κ2) is 5.69. The number of aliphatic carboxylic acids is 1. The van der Waals surface area contributed by atoms with Crippen LogP contribution in [0.25, 0.3) is 0 Å². The summed E-state index contributed by atoms with van der Waals surface area (Å²) in [6.07, 6.45) is 3.59. The van der Waals surface area contributed by atoms with E-state index in [0.717, 1.165) is 11.1 Å². The van der Waals surface area contributed by atoms with Crippen LogP contribution in [0.3, 0.4) is 0 Å². The Kier molecular flexibility index (Phi) is 3.99. The van der Waals surface area contributed by atoms with Crippen LogP contribution in [0, 0.1) is 12.8 Å². The number of pyridine rings is 1. The van der Waals surface area contributed by atoms with Crippen LogP contribution in [0.15, 0.2) is 18.5 Å². The Balaban J connectivity index is 1.75. The quantitative estimate of drug-likeness (QED) is 0.849. The molecule has 1 saturated heterocycles. The number of urea groups is 1. The van der Waals surface area contributed by atoms with Gasteiger partial charge in [-0.3, -0.25) is 9.78 Å². The van der Waals surface area contributed by atoms with Crippen molar-refractivity contribution in [2.75, 3.05) is 13.1 Å². The Hall–Kier alpha value is -2.11. The van der Waals surface area contributed by atoms with Crippen LogP contribution < -0.4 is 5.32 Å². The van der Waals surface area contributed by atoms with Crippen molar-refractivity contribution in [3.8, 4) is 0 Å². The Bertz CT molecular complexity index is 484. The summed E-state index contributed by atoms with van der Waals surface area (Å²) in [5.41, 5.74) is 2.07. The van der Waals surface area contributed by atoms with Crippen molar-refractivity contribution in [1.82, 2.24) is 15.2 Å². The zero-order valence-electron chi connectivity index (χ0n) is 10.8. The van der Waals surface area contributed by atoms with E-state index in [2.05, 4.69) is 10.3 Å². The van der Waals surface area contributed by atoms with E-state index >= 15 is 0 Å². The average Bonchev–Trinajstić information content (AvgIpc) is 2.31. The molecule has 1 aromatic rings. The highest BCUT2D eigenvalue weighted by atomic mass is 16.4. The van der Waals surface area contributed by atoms with Gasteiger partial charge in [-0.1, -0.05) is 0 Å². The molecule has 0 atom stereocenters. The minimum Gasteiger partial charge on any atom is -0.481 e. The number of carbonyl (C=O) groups excluding carboxylic acids is 1. The number of nitrogens with zero attached hydrogens (tertiary/aromatic N) is 2. The van der Waals surface area contributed by atoms with Gasteiger partial charge in [0.1, 0.15) is 0 Å². The van der Waals surface area contributed by atoms with Gasteiger partial charge in [0, 0.05) is 37.9 Å². The number of aromatic nitrogens is 1. The molecule has 2 amide bonds. The van der Waals surface area contributed by atoms with Crippen molar-refractivity contribution in [3.05, 3.63) is 29.6 Å². The maximum atomic E-state index is 11.8. The van der Waals surface area contributed by atoms with Crippen LogP contribution in [0.1, 0.15) is 17.5 Å². The first kappa shape index (κ1) is 13.3. The number of rotatable bonds is 4. The van der Waals surface area contributed by atoms with Gasteiger partial charge < -0.3 is 15.3 Å². The van der Waals surface area contributed by atoms with Gasteiger partial charge in [0.25, 0.3) is 0 Å². The van der Waals surface area contributed by atoms with Crippen molar-refractivity contribution < 1.29 is 14.7 Å². The van der Waals surface area contributed by atoms with Gasteiger partial charge in [-0.25, -0.2) is 4.79 Å². The van der Waals surface area contributed by atoms with Crippen LogP contribution in [-0.4, -0.2) is 40.1 Å². The zero-order chi connectivity index (χ0) is 13.8. The largest absolute Gasteiger partial charge is 0.481 e. The first-order valence-corrected chi connectivity index (χ1v) is 6.20. The smallest absolute Gasteiger partial charge is 0.317 e. The lowest BCUT2D eigenvalue weighted by Gasteiger charge is -2.38. The van der Waals surface area contributed by atoms with Crippen LogP contribution >= 0.6 is 0 Å². The first-order valence-electron chi connectivity index (χ1n) is 6.20. The summed E-state index contributed by atoms with van der Waals surface area (Å²) in [5.74, 6) is -0.719. The number of amides is 2. The predicted molar refractivity (Wildman–Crippen MR) is 68.5 cm³/mol. The normalized spacial score (nSPS) is 14.9. The van der Waals surface area contributed by atoms with Crippen molar-refractivity contribution >= 4 is 12.0 Å². The summed E-state index contributed by atoms with van der Waals surface area (Å²) >= 11 is 0. The van der Waals surface area contributed by atoms with Crippen LogP contribution in [-0.2, 0) is 11.3 Å². The topological polar surface area (TPSA) is 82.5 Å². The van der Waals surface area contributed by atoms with E-state index in [-0.39, 0.29) is 18.4 Å². The number of hydrogen-bond acceptors (Lipinski definition) is 3. The number of carboxylic acids is 1. The van der Waals surface area contributed by atoms with Gasteiger partial charge in [0.2, 0.25) is 0 Å². The fourth-order valence-electron chi connectivity index (χ4n) is 2.09. The molecule has 6 heteroatoms. The standard InChI is InChI=1S/C13H17N3O3/c1-9-5-14-3-2-11(9)6-15-13(19)16-7-10(8-16)4-12(17)18/h2-3,5,10H,4,6-8H2,1H3,(H,15,19)(H,17,18). The van der Waals surface area contributed by atoms with E-state index in [1.54, 1.807) is 17.3 Å². The summed E-state index contributed by atoms with van der Waals surface area (Å²) in [4.78, 5) is 27.9. The zero-order valence-corrected chi connectivity index (χ0v) is 10.8. The van der Waals surface area contributed by atoms with Gasteiger partial charge in [-0.05, 0) is 24.1 Å². The molecule has 0 aromatic carbocycles. The monoisotopic (exact) mass is 263 g/mol. The number of carboxylic acid groups (broad SMARTS) is 1. The molecule has 102 valence electrons. The summed E-state index contributed by atoms with van der Waals surface area (Å²) in [6.45, 7) is 3.45. The average molecular weight is 263 g/mol. The highest BCUT2D eigenvalue weighted by Crippen LogP contribution is 2.18. The maximum Gasteiger partial charge on any atom is 0.317 e. The second-order valence-electron chi connectivity index (χ2n) is 4.83. The van der Waals surface area contributed by atoms with Gasteiger partial charge in [0.05, 0.1) is 6.42 Å². The van der Waals surface area contributed by atoms with Crippen molar-refractivity contribution in [3.63, 3.8) is 0 Å². The molecule has 2 N–H and O–H groups in total. The fourth-order valence-corrected chi connectivity index (χ4v) is 2.09. The number of nitrogens with one attached hydrogen (secondary N) is 1. The lowest BCUT2D eigenvalue weighted by molar-refractivity contribution is -0.139. The molecule has 2 rings (SSSR count). The summed E-state index contributed by atoms with van der Waals surface area (Å²) < 4.78 is 0. The number of likely N-dealkylation sites (tertiary alicyclic amines) is 1. The van der Waals surface area contributed by atoms with Gasteiger partial charge >= 0.3 is 12.0 Å². The van der Waals surface area contributed by atoms with Crippen molar-refractivity contribution in [1.29, 1.82) is 0 Å². The Morgan fingerprint density at radius 2 is 2.26 bits per heavy atom. The number of hydrogen-bond donors (Lipinski definition) is 2. The third-order valence-electron chi connectivity index (χ3n) is 3.27. The third-order valence-corrected chi connectivity index (χ3v) is 3.27. The molecule has 0 unspecified atom stereocenters. The first-order chi connectivity index (χ1) is 9.06. The molecular formula is C13H17N3O3. The molecule has 1 aliphatic heterocycles. The van der Waals surface area contributed by atoms with E-state index in [4.69, 9.17) is 5.11 Å². The maximum absolute atomic E-state index is 11.8. The molecule has 2 heterocycles.